The molecule has 0 saturated carbocycles. The predicted octanol–water partition coefficient (Wildman–Crippen LogP) is 4.97. The minimum absolute atomic E-state index is 0.111. The van der Waals surface area contributed by atoms with E-state index in [9.17, 15) is 4.79 Å². The van der Waals surface area contributed by atoms with E-state index in [0.29, 0.717) is 16.7 Å². The number of nitrogens with zero attached hydrogens (tertiary/aromatic N) is 2. The minimum atomic E-state index is -0.111. The van der Waals surface area contributed by atoms with E-state index >= 15 is 0 Å². The molecule has 5 nitrogen and oxygen atoms in total. The van der Waals surface area contributed by atoms with Gasteiger partial charge in [-0.3, -0.25) is 4.79 Å². The summed E-state index contributed by atoms with van der Waals surface area (Å²) in [5, 5.41) is 3.43. The highest BCUT2D eigenvalue weighted by Gasteiger charge is 2.23. The molecule has 0 aromatic heterocycles. The topological polar surface area (TPSA) is 53.9 Å². The Labute approximate surface area is 175 Å². The number of amidine groups is 1. The van der Waals surface area contributed by atoms with Gasteiger partial charge in [-0.1, -0.05) is 12.1 Å². The summed E-state index contributed by atoms with van der Waals surface area (Å²) in [7, 11) is 0. The Balaban J connectivity index is 1.43. The number of amides is 1. The Morgan fingerprint density at radius 2 is 1.79 bits per heavy atom. The van der Waals surface area contributed by atoms with Gasteiger partial charge in [0.05, 0.1) is 17.2 Å². The van der Waals surface area contributed by atoms with E-state index in [4.69, 9.17) is 4.74 Å². The van der Waals surface area contributed by atoms with E-state index in [0.717, 1.165) is 30.1 Å². The second kappa shape index (κ2) is 9.18. The second-order valence-electron chi connectivity index (χ2n) is 7.05. The van der Waals surface area contributed by atoms with Gasteiger partial charge in [0.1, 0.15) is 5.75 Å². The van der Waals surface area contributed by atoms with Crippen molar-refractivity contribution in [3.63, 3.8) is 0 Å². The fraction of sp³-hybridized carbons (Fsp3) is 0.304. The van der Waals surface area contributed by atoms with Gasteiger partial charge in [-0.25, -0.2) is 4.99 Å². The van der Waals surface area contributed by atoms with Gasteiger partial charge in [-0.15, -0.1) is 0 Å². The van der Waals surface area contributed by atoms with Gasteiger partial charge >= 0.3 is 0 Å². The van der Waals surface area contributed by atoms with Crippen LogP contribution in [0.2, 0.25) is 0 Å². The van der Waals surface area contributed by atoms with Gasteiger partial charge in [-0.05, 0) is 86.0 Å². The first-order valence-corrected chi connectivity index (χ1v) is 10.9. The quantitative estimate of drug-likeness (QED) is 0.711. The highest BCUT2D eigenvalue weighted by atomic mass is 32.2. The largest absolute Gasteiger partial charge is 0.494 e. The highest BCUT2D eigenvalue weighted by Crippen LogP contribution is 2.29. The third-order valence-electron chi connectivity index (χ3n) is 4.94. The van der Waals surface area contributed by atoms with Crippen LogP contribution in [0.25, 0.3) is 6.08 Å². The summed E-state index contributed by atoms with van der Waals surface area (Å²) in [5.74, 6) is 0.702. The summed E-state index contributed by atoms with van der Waals surface area (Å²) in [6, 6.07) is 16.0. The molecule has 2 aromatic rings. The average Bonchev–Trinajstić information content (AvgIpc) is 3.09. The number of benzene rings is 2. The number of hydrogen-bond donors (Lipinski definition) is 1. The molecule has 0 unspecified atom stereocenters. The van der Waals surface area contributed by atoms with Crippen molar-refractivity contribution in [3.8, 4) is 5.75 Å². The van der Waals surface area contributed by atoms with Crippen LogP contribution in [0.4, 0.5) is 11.4 Å². The molecular formula is C23H25N3O2S. The van der Waals surface area contributed by atoms with Crippen LogP contribution in [-0.4, -0.2) is 30.8 Å². The van der Waals surface area contributed by atoms with Gasteiger partial charge < -0.3 is 15.0 Å². The van der Waals surface area contributed by atoms with E-state index < -0.39 is 0 Å². The normalized spacial score (nSPS) is 19.6. The number of ether oxygens (including phenoxy) is 1. The molecule has 2 aromatic carbocycles. The first-order chi connectivity index (χ1) is 14.2. The van der Waals surface area contributed by atoms with E-state index in [2.05, 4.69) is 39.5 Å². The van der Waals surface area contributed by atoms with Crippen LogP contribution in [-0.2, 0) is 4.79 Å². The third-order valence-corrected chi connectivity index (χ3v) is 5.85. The monoisotopic (exact) mass is 407 g/mol. The zero-order valence-electron chi connectivity index (χ0n) is 16.6. The molecule has 2 heterocycles. The lowest BCUT2D eigenvalue weighted by Gasteiger charge is -2.28. The van der Waals surface area contributed by atoms with Gasteiger partial charge in [0.15, 0.2) is 5.17 Å². The molecule has 0 spiro atoms. The minimum Gasteiger partial charge on any atom is -0.494 e. The van der Waals surface area contributed by atoms with Crippen molar-refractivity contribution in [1.82, 2.24) is 5.32 Å². The van der Waals surface area contributed by atoms with Crippen LogP contribution >= 0.6 is 11.8 Å². The molecular weight excluding hydrogens is 382 g/mol. The lowest BCUT2D eigenvalue weighted by atomic mass is 10.1. The zero-order chi connectivity index (χ0) is 20.1. The maximum atomic E-state index is 12.3. The molecule has 0 radical (unpaired) electrons. The lowest BCUT2D eigenvalue weighted by molar-refractivity contribution is -0.115. The van der Waals surface area contributed by atoms with E-state index in [1.807, 2.05) is 37.3 Å². The lowest BCUT2D eigenvalue weighted by Crippen LogP contribution is -2.29. The third kappa shape index (κ3) is 5.01. The first kappa shape index (κ1) is 19.6. The molecule has 1 N–H and O–H groups in total. The Morgan fingerprint density at radius 1 is 1.07 bits per heavy atom. The van der Waals surface area contributed by atoms with Crippen molar-refractivity contribution in [2.75, 3.05) is 24.6 Å². The fourth-order valence-corrected chi connectivity index (χ4v) is 4.31. The van der Waals surface area contributed by atoms with E-state index in [-0.39, 0.29) is 5.91 Å². The smallest absolute Gasteiger partial charge is 0.264 e. The summed E-state index contributed by atoms with van der Waals surface area (Å²) >= 11 is 1.36. The van der Waals surface area contributed by atoms with Crippen LogP contribution < -0.4 is 15.0 Å². The molecule has 0 bridgehead atoms. The van der Waals surface area contributed by atoms with Crippen LogP contribution in [0.3, 0.4) is 0 Å². The average molecular weight is 408 g/mol. The van der Waals surface area contributed by atoms with Crippen molar-refractivity contribution in [2.24, 2.45) is 4.99 Å². The molecule has 4 rings (SSSR count). The number of thioether (sulfide) groups is 1. The number of nitrogens with one attached hydrogen (secondary N) is 1. The van der Waals surface area contributed by atoms with Crippen LogP contribution in [0, 0.1) is 0 Å². The number of piperidine rings is 1. The molecule has 150 valence electrons. The molecule has 6 heteroatoms. The fourth-order valence-electron chi connectivity index (χ4n) is 3.47. The summed E-state index contributed by atoms with van der Waals surface area (Å²) in [6.45, 7) is 4.84. The van der Waals surface area contributed by atoms with Gasteiger partial charge in [0, 0.05) is 18.8 Å². The number of hydrogen-bond acceptors (Lipinski definition) is 5. The van der Waals surface area contributed by atoms with Crippen molar-refractivity contribution in [1.29, 1.82) is 0 Å². The number of carbonyl (C=O) groups excluding carboxylic acids is 1. The Hall–Kier alpha value is -2.73. The van der Waals surface area contributed by atoms with Crippen LogP contribution in [0.15, 0.2) is 58.4 Å². The predicted molar refractivity (Wildman–Crippen MR) is 121 cm³/mol. The van der Waals surface area contributed by atoms with Crippen LogP contribution in [0.1, 0.15) is 31.7 Å². The molecule has 0 atom stereocenters. The summed E-state index contributed by atoms with van der Waals surface area (Å²) in [4.78, 5) is 19.9. The SMILES string of the molecule is CCOc1ccc(N=C2NC(=O)/C(=C\c3ccc(N4CCCCC4)cc3)S2)cc1. The molecule has 29 heavy (non-hydrogen) atoms. The Kier molecular flexibility index (Phi) is 6.20. The molecule has 2 fully saturated rings. The van der Waals surface area contributed by atoms with Crippen molar-refractivity contribution in [2.45, 2.75) is 26.2 Å². The molecule has 2 aliphatic rings. The molecule has 0 aliphatic carbocycles. The zero-order valence-corrected chi connectivity index (χ0v) is 17.4. The van der Waals surface area contributed by atoms with Crippen molar-refractivity contribution < 1.29 is 9.53 Å². The Bertz CT molecular complexity index is 914. The number of rotatable bonds is 5. The number of carbonyl (C=O) groups is 1. The first-order valence-electron chi connectivity index (χ1n) is 10.1. The molecule has 2 aliphatic heterocycles. The summed E-state index contributed by atoms with van der Waals surface area (Å²) in [5.41, 5.74) is 3.06. The van der Waals surface area contributed by atoms with Gasteiger partial charge in [0.25, 0.3) is 5.91 Å². The summed E-state index contributed by atoms with van der Waals surface area (Å²) in [6.07, 6.45) is 5.77. The summed E-state index contributed by atoms with van der Waals surface area (Å²) < 4.78 is 5.44. The second-order valence-corrected chi connectivity index (χ2v) is 8.08. The van der Waals surface area contributed by atoms with Crippen LogP contribution in [0.5, 0.6) is 5.75 Å². The van der Waals surface area contributed by atoms with E-state index in [1.54, 1.807) is 0 Å². The number of anilines is 1. The van der Waals surface area contributed by atoms with E-state index in [1.165, 1.54) is 36.7 Å². The van der Waals surface area contributed by atoms with Crippen molar-refractivity contribution >= 4 is 40.3 Å². The van der Waals surface area contributed by atoms with Gasteiger partial charge in [-0.2, -0.15) is 0 Å². The Morgan fingerprint density at radius 3 is 2.48 bits per heavy atom. The van der Waals surface area contributed by atoms with Gasteiger partial charge in [0.2, 0.25) is 0 Å². The van der Waals surface area contributed by atoms with Crippen molar-refractivity contribution in [3.05, 3.63) is 59.0 Å². The highest BCUT2D eigenvalue weighted by molar-refractivity contribution is 8.18. The maximum absolute atomic E-state index is 12.3. The molecule has 1 amide bonds. The molecule has 2 saturated heterocycles. The maximum Gasteiger partial charge on any atom is 0.264 e. The standard InChI is InChI=1S/C23H25N3O2S/c1-2-28-20-12-8-18(9-13-20)24-23-25-22(27)21(29-23)16-17-6-10-19(11-7-17)26-14-4-3-5-15-26/h6-13,16H,2-5,14-15H2,1H3,(H,24,25,27)/b21-16+. The number of aliphatic imine (C=N–C) groups is 1.